The minimum absolute atomic E-state index is 0.176. The second kappa shape index (κ2) is 9.88. The molecule has 0 amide bonds. The molecule has 3 rings (SSSR count). The SMILES string of the molecule is O=C(/C=C/c1ccccc1)Oc1ccccc1C(=O)OCCc1ccccc1. The molecular formula is C24H20O4. The van der Waals surface area contributed by atoms with Crippen LogP contribution in [-0.4, -0.2) is 18.5 Å². The Morgan fingerprint density at radius 1 is 0.786 bits per heavy atom. The van der Waals surface area contributed by atoms with Crippen molar-refractivity contribution in [2.75, 3.05) is 6.61 Å². The molecule has 3 aromatic carbocycles. The van der Waals surface area contributed by atoms with Gasteiger partial charge in [-0.1, -0.05) is 72.8 Å². The van der Waals surface area contributed by atoms with Crippen molar-refractivity contribution in [2.24, 2.45) is 0 Å². The van der Waals surface area contributed by atoms with Gasteiger partial charge in [-0.05, 0) is 29.3 Å². The van der Waals surface area contributed by atoms with Crippen LogP contribution in [0.15, 0.2) is 91.0 Å². The molecule has 0 heterocycles. The molecular weight excluding hydrogens is 352 g/mol. The van der Waals surface area contributed by atoms with Gasteiger partial charge >= 0.3 is 11.9 Å². The fourth-order valence-corrected chi connectivity index (χ4v) is 2.58. The van der Waals surface area contributed by atoms with E-state index in [4.69, 9.17) is 9.47 Å². The Morgan fingerprint density at radius 2 is 1.43 bits per heavy atom. The van der Waals surface area contributed by atoms with Gasteiger partial charge in [0.1, 0.15) is 11.3 Å². The first kappa shape index (κ1) is 19.1. The number of hydrogen-bond acceptors (Lipinski definition) is 4. The van der Waals surface area contributed by atoms with E-state index in [2.05, 4.69) is 0 Å². The minimum atomic E-state index is -0.562. The van der Waals surface area contributed by atoms with Crippen LogP contribution in [0.1, 0.15) is 21.5 Å². The van der Waals surface area contributed by atoms with Gasteiger partial charge in [-0.2, -0.15) is 0 Å². The van der Waals surface area contributed by atoms with Crippen LogP contribution in [0.3, 0.4) is 0 Å². The Kier molecular flexibility index (Phi) is 6.74. The highest BCUT2D eigenvalue weighted by Crippen LogP contribution is 2.19. The van der Waals surface area contributed by atoms with Gasteiger partial charge in [-0.15, -0.1) is 0 Å². The lowest BCUT2D eigenvalue weighted by Gasteiger charge is -2.09. The first-order chi connectivity index (χ1) is 13.7. The van der Waals surface area contributed by atoms with Gasteiger partial charge < -0.3 is 9.47 Å². The third kappa shape index (κ3) is 5.68. The monoisotopic (exact) mass is 372 g/mol. The van der Waals surface area contributed by atoms with Crippen LogP contribution in [0.5, 0.6) is 5.75 Å². The number of carbonyl (C=O) groups is 2. The third-order valence-electron chi connectivity index (χ3n) is 4.00. The summed E-state index contributed by atoms with van der Waals surface area (Å²) in [5.41, 5.74) is 2.19. The molecule has 0 N–H and O–H groups in total. The van der Waals surface area contributed by atoms with Crippen molar-refractivity contribution in [1.29, 1.82) is 0 Å². The van der Waals surface area contributed by atoms with Gasteiger partial charge in [-0.25, -0.2) is 9.59 Å². The smallest absolute Gasteiger partial charge is 0.341 e. The molecule has 0 atom stereocenters. The van der Waals surface area contributed by atoms with Gasteiger partial charge in [-0.3, -0.25) is 0 Å². The Bertz CT molecular complexity index is 947. The zero-order valence-electron chi connectivity index (χ0n) is 15.3. The fraction of sp³-hybridized carbons (Fsp3) is 0.0833. The van der Waals surface area contributed by atoms with Gasteiger partial charge in [0.15, 0.2) is 0 Å². The Hall–Kier alpha value is -3.66. The maximum atomic E-state index is 12.4. The summed E-state index contributed by atoms with van der Waals surface area (Å²) >= 11 is 0. The quantitative estimate of drug-likeness (QED) is 0.343. The van der Waals surface area contributed by atoms with Crippen molar-refractivity contribution in [1.82, 2.24) is 0 Å². The number of para-hydroxylation sites is 1. The van der Waals surface area contributed by atoms with Crippen molar-refractivity contribution < 1.29 is 19.1 Å². The molecule has 0 fully saturated rings. The summed E-state index contributed by atoms with van der Waals surface area (Å²) in [7, 11) is 0. The molecule has 0 unspecified atom stereocenters. The minimum Gasteiger partial charge on any atom is -0.462 e. The average molecular weight is 372 g/mol. The molecule has 3 aromatic rings. The Balaban J connectivity index is 1.59. The van der Waals surface area contributed by atoms with Crippen molar-refractivity contribution >= 4 is 18.0 Å². The van der Waals surface area contributed by atoms with Gasteiger partial charge in [0.05, 0.1) is 6.61 Å². The molecule has 28 heavy (non-hydrogen) atoms. The van der Waals surface area contributed by atoms with E-state index in [9.17, 15) is 9.59 Å². The van der Waals surface area contributed by atoms with Crippen LogP contribution in [-0.2, 0) is 16.0 Å². The van der Waals surface area contributed by atoms with E-state index in [0.717, 1.165) is 11.1 Å². The fourth-order valence-electron chi connectivity index (χ4n) is 2.58. The van der Waals surface area contributed by atoms with E-state index in [1.807, 2.05) is 60.7 Å². The van der Waals surface area contributed by atoms with Crippen LogP contribution >= 0.6 is 0 Å². The number of ether oxygens (including phenoxy) is 2. The first-order valence-electron chi connectivity index (χ1n) is 8.97. The summed E-state index contributed by atoms with van der Waals surface area (Å²) in [6.45, 7) is 0.249. The summed E-state index contributed by atoms with van der Waals surface area (Å²) in [4.78, 5) is 24.5. The second-order valence-electron chi connectivity index (χ2n) is 6.03. The number of esters is 2. The number of rotatable bonds is 7. The summed E-state index contributed by atoms with van der Waals surface area (Å²) in [5.74, 6) is -0.908. The molecule has 0 aliphatic heterocycles. The van der Waals surface area contributed by atoms with Gasteiger partial charge in [0, 0.05) is 12.5 Å². The van der Waals surface area contributed by atoms with E-state index < -0.39 is 11.9 Å². The summed E-state index contributed by atoms with van der Waals surface area (Å²) in [6.07, 6.45) is 3.60. The lowest BCUT2D eigenvalue weighted by atomic mass is 10.2. The largest absolute Gasteiger partial charge is 0.462 e. The highest BCUT2D eigenvalue weighted by Gasteiger charge is 2.15. The molecule has 0 spiro atoms. The molecule has 4 heteroatoms. The second-order valence-corrected chi connectivity index (χ2v) is 6.03. The van der Waals surface area contributed by atoms with E-state index in [0.29, 0.717) is 6.42 Å². The summed E-state index contributed by atoms with van der Waals surface area (Å²) in [6, 6.07) is 25.7. The van der Waals surface area contributed by atoms with Crippen molar-refractivity contribution in [3.63, 3.8) is 0 Å². The standard InChI is InChI=1S/C24H20O4/c25-23(16-15-19-9-3-1-4-10-19)28-22-14-8-7-13-21(22)24(26)27-18-17-20-11-5-2-6-12-20/h1-16H,17-18H2/b16-15+. The zero-order valence-corrected chi connectivity index (χ0v) is 15.3. The molecule has 140 valence electrons. The van der Waals surface area contributed by atoms with E-state index in [1.54, 1.807) is 30.3 Å². The van der Waals surface area contributed by atoms with Crippen LogP contribution < -0.4 is 4.74 Å². The zero-order chi connectivity index (χ0) is 19.6. The lowest BCUT2D eigenvalue weighted by molar-refractivity contribution is -0.128. The van der Waals surface area contributed by atoms with Crippen molar-refractivity contribution in [3.8, 4) is 5.75 Å². The molecule has 0 aliphatic rings. The molecule has 0 aliphatic carbocycles. The van der Waals surface area contributed by atoms with Crippen LogP contribution in [0.2, 0.25) is 0 Å². The number of hydrogen-bond donors (Lipinski definition) is 0. The topological polar surface area (TPSA) is 52.6 Å². The van der Waals surface area contributed by atoms with Crippen LogP contribution in [0.4, 0.5) is 0 Å². The maximum Gasteiger partial charge on any atom is 0.341 e. The highest BCUT2D eigenvalue weighted by atomic mass is 16.5. The van der Waals surface area contributed by atoms with Crippen molar-refractivity contribution in [3.05, 3.63) is 108 Å². The van der Waals surface area contributed by atoms with E-state index in [1.165, 1.54) is 6.08 Å². The predicted molar refractivity (Wildman–Crippen MR) is 108 cm³/mol. The van der Waals surface area contributed by atoms with E-state index >= 15 is 0 Å². The maximum absolute atomic E-state index is 12.4. The normalized spacial score (nSPS) is 10.6. The Morgan fingerprint density at radius 3 is 2.18 bits per heavy atom. The molecule has 0 saturated carbocycles. The molecule has 4 nitrogen and oxygen atoms in total. The summed E-state index contributed by atoms with van der Waals surface area (Å²) in [5, 5.41) is 0. The lowest BCUT2D eigenvalue weighted by Crippen LogP contribution is -2.12. The molecule has 0 aromatic heterocycles. The van der Waals surface area contributed by atoms with Crippen LogP contribution in [0.25, 0.3) is 6.08 Å². The van der Waals surface area contributed by atoms with Gasteiger partial charge in [0.2, 0.25) is 0 Å². The average Bonchev–Trinajstić information content (AvgIpc) is 2.74. The first-order valence-corrected chi connectivity index (χ1v) is 8.97. The molecule has 0 radical (unpaired) electrons. The Labute approximate surface area is 164 Å². The predicted octanol–water partition coefficient (Wildman–Crippen LogP) is 4.70. The van der Waals surface area contributed by atoms with E-state index in [-0.39, 0.29) is 17.9 Å². The van der Waals surface area contributed by atoms with Crippen molar-refractivity contribution in [2.45, 2.75) is 6.42 Å². The molecule has 0 bridgehead atoms. The third-order valence-corrected chi connectivity index (χ3v) is 4.00. The highest BCUT2D eigenvalue weighted by molar-refractivity contribution is 5.95. The van der Waals surface area contributed by atoms with Crippen LogP contribution in [0, 0.1) is 0 Å². The summed E-state index contributed by atoms with van der Waals surface area (Å²) < 4.78 is 10.7. The van der Waals surface area contributed by atoms with Gasteiger partial charge in [0.25, 0.3) is 0 Å². The molecule has 0 saturated heterocycles. The number of carbonyl (C=O) groups excluding carboxylic acids is 2. The number of benzene rings is 3.